The molecule has 1 aliphatic heterocycles. The van der Waals surface area contributed by atoms with Crippen LogP contribution in [0.3, 0.4) is 0 Å². The maximum absolute atomic E-state index is 13.1. The molecular formula is C24H26N2O6S. The first-order valence-electron chi connectivity index (χ1n) is 10.3. The van der Waals surface area contributed by atoms with Gasteiger partial charge in [-0.25, -0.2) is 8.42 Å². The van der Waals surface area contributed by atoms with Crippen molar-refractivity contribution in [3.05, 3.63) is 78.1 Å². The molecule has 0 radical (unpaired) electrons. The van der Waals surface area contributed by atoms with Crippen molar-refractivity contribution in [1.82, 2.24) is 0 Å². The average Bonchev–Trinajstić information content (AvgIpc) is 3.30. The topological polar surface area (TPSA) is 108 Å². The van der Waals surface area contributed by atoms with E-state index in [2.05, 4.69) is 13.2 Å². The minimum absolute atomic E-state index is 0.137. The zero-order valence-corrected chi connectivity index (χ0v) is 19.3. The number of nitrogens with zero attached hydrogens (tertiary/aromatic N) is 2. The summed E-state index contributed by atoms with van der Waals surface area (Å²) in [6.45, 7) is 10.6. The lowest BCUT2D eigenvalue weighted by Gasteiger charge is -2.40. The summed E-state index contributed by atoms with van der Waals surface area (Å²) in [4.78, 5) is 28.5. The number of furan rings is 1. The number of amides is 2. The molecule has 2 aromatic rings. The molecule has 1 aromatic carbocycles. The standard InChI is InChI=1S/C24H26N2O6S/c1-16(7-8-18(3)33(30,31)13-11-27)20-9-10-21-22(14-20)25(15-17(2)26(21)19(4)28)24(29)23-6-5-12-32-23/h5-10,12,14,17,27H,1,3,11,13,15H2,2,4H3/b8-7-. The van der Waals surface area contributed by atoms with Gasteiger partial charge in [-0.3, -0.25) is 9.59 Å². The third-order valence-corrected chi connectivity index (χ3v) is 6.99. The van der Waals surface area contributed by atoms with E-state index in [4.69, 9.17) is 9.52 Å². The van der Waals surface area contributed by atoms with E-state index < -0.39 is 22.2 Å². The highest BCUT2D eigenvalue weighted by Gasteiger charge is 2.35. The molecule has 9 heteroatoms. The maximum atomic E-state index is 13.1. The molecule has 0 bridgehead atoms. The van der Waals surface area contributed by atoms with Gasteiger partial charge >= 0.3 is 0 Å². The minimum atomic E-state index is -3.65. The molecule has 0 aliphatic carbocycles. The molecule has 8 nitrogen and oxygen atoms in total. The van der Waals surface area contributed by atoms with Crippen molar-refractivity contribution in [2.24, 2.45) is 0 Å². The van der Waals surface area contributed by atoms with E-state index >= 15 is 0 Å². The fraction of sp³-hybridized carbons (Fsp3) is 0.250. The molecule has 0 saturated heterocycles. The minimum Gasteiger partial charge on any atom is -0.459 e. The molecule has 0 fully saturated rings. The largest absolute Gasteiger partial charge is 0.459 e. The van der Waals surface area contributed by atoms with Gasteiger partial charge in [-0.2, -0.15) is 0 Å². The molecule has 2 heterocycles. The van der Waals surface area contributed by atoms with Gasteiger partial charge in [0.25, 0.3) is 5.91 Å². The van der Waals surface area contributed by atoms with Crippen LogP contribution in [-0.4, -0.2) is 50.3 Å². The maximum Gasteiger partial charge on any atom is 0.294 e. The van der Waals surface area contributed by atoms with E-state index in [0.29, 0.717) is 22.5 Å². The van der Waals surface area contributed by atoms with E-state index in [1.165, 1.54) is 25.3 Å². The van der Waals surface area contributed by atoms with Gasteiger partial charge in [-0.15, -0.1) is 0 Å². The lowest BCUT2D eigenvalue weighted by molar-refractivity contribution is -0.117. The van der Waals surface area contributed by atoms with Crippen LogP contribution in [0.5, 0.6) is 0 Å². The third-order valence-electron chi connectivity index (χ3n) is 5.33. The van der Waals surface area contributed by atoms with Crippen molar-refractivity contribution in [2.75, 3.05) is 28.7 Å². The normalized spacial score (nSPS) is 16.0. The first kappa shape index (κ1) is 24.2. The van der Waals surface area contributed by atoms with Gasteiger partial charge in [0.05, 0.1) is 40.9 Å². The number of aliphatic hydroxyl groups is 1. The van der Waals surface area contributed by atoms with Gasteiger partial charge in [0.2, 0.25) is 5.91 Å². The van der Waals surface area contributed by atoms with Crippen LogP contribution in [0.25, 0.3) is 5.57 Å². The van der Waals surface area contributed by atoms with Crippen LogP contribution in [0.1, 0.15) is 30.0 Å². The fourth-order valence-corrected chi connectivity index (χ4v) is 4.45. The Labute approximate surface area is 193 Å². The molecule has 33 heavy (non-hydrogen) atoms. The van der Waals surface area contributed by atoms with Crippen LogP contribution in [0.2, 0.25) is 0 Å². The van der Waals surface area contributed by atoms with Crippen LogP contribution in [-0.2, 0) is 14.6 Å². The molecular weight excluding hydrogens is 444 g/mol. The highest BCUT2D eigenvalue weighted by molar-refractivity contribution is 7.95. The number of aliphatic hydroxyl groups excluding tert-OH is 1. The monoisotopic (exact) mass is 470 g/mol. The first-order chi connectivity index (χ1) is 15.6. The molecule has 1 atom stereocenters. The zero-order chi connectivity index (χ0) is 24.3. The summed E-state index contributed by atoms with van der Waals surface area (Å²) in [5, 5.41) is 8.91. The predicted octanol–water partition coefficient (Wildman–Crippen LogP) is 3.17. The van der Waals surface area contributed by atoms with Crippen molar-refractivity contribution < 1.29 is 27.5 Å². The highest BCUT2D eigenvalue weighted by Crippen LogP contribution is 2.38. The van der Waals surface area contributed by atoms with Crippen LogP contribution >= 0.6 is 0 Å². The summed E-state index contributed by atoms with van der Waals surface area (Å²) < 4.78 is 29.3. The second-order valence-electron chi connectivity index (χ2n) is 7.70. The number of hydrogen-bond donors (Lipinski definition) is 1. The summed E-state index contributed by atoms with van der Waals surface area (Å²) in [5.74, 6) is -0.715. The van der Waals surface area contributed by atoms with Gasteiger partial charge in [0, 0.05) is 13.5 Å². The number of allylic oxidation sites excluding steroid dienone is 3. The summed E-state index contributed by atoms with van der Waals surface area (Å²) in [6, 6.07) is 8.18. The van der Waals surface area contributed by atoms with E-state index in [1.807, 2.05) is 6.92 Å². The van der Waals surface area contributed by atoms with Crippen molar-refractivity contribution in [3.8, 4) is 0 Å². The van der Waals surface area contributed by atoms with E-state index in [1.54, 1.807) is 40.1 Å². The molecule has 1 aliphatic rings. The Morgan fingerprint density at radius 1 is 1.21 bits per heavy atom. The Bertz CT molecular complexity index is 1230. The molecule has 0 saturated carbocycles. The third kappa shape index (κ3) is 4.99. The van der Waals surface area contributed by atoms with Crippen molar-refractivity contribution >= 4 is 38.6 Å². The molecule has 174 valence electrons. The molecule has 1 unspecified atom stereocenters. The van der Waals surface area contributed by atoms with Crippen molar-refractivity contribution in [3.63, 3.8) is 0 Å². The van der Waals surface area contributed by atoms with Crippen molar-refractivity contribution in [1.29, 1.82) is 0 Å². The van der Waals surface area contributed by atoms with Gasteiger partial charge < -0.3 is 19.3 Å². The van der Waals surface area contributed by atoms with Crippen LogP contribution in [0.15, 0.2) is 71.2 Å². The van der Waals surface area contributed by atoms with E-state index in [9.17, 15) is 18.0 Å². The Balaban J connectivity index is 1.99. The average molecular weight is 471 g/mol. The number of sulfone groups is 1. The number of benzene rings is 1. The summed E-state index contributed by atoms with van der Waals surface area (Å²) in [6.07, 6.45) is 4.25. The summed E-state index contributed by atoms with van der Waals surface area (Å²) in [5.41, 5.74) is 2.21. The second-order valence-corrected chi connectivity index (χ2v) is 9.86. The molecule has 0 spiro atoms. The highest BCUT2D eigenvalue weighted by atomic mass is 32.2. The lowest BCUT2D eigenvalue weighted by Crippen LogP contribution is -2.51. The molecule has 1 N–H and O–H groups in total. The van der Waals surface area contributed by atoms with Gasteiger partial charge in [0.15, 0.2) is 15.6 Å². The van der Waals surface area contributed by atoms with Crippen LogP contribution in [0, 0.1) is 0 Å². The SMILES string of the molecule is C=C(/C=C\C(=C)S(=O)(=O)CCO)c1ccc2c(c1)N(C(=O)c1ccco1)CC(C)N2C(C)=O. The predicted molar refractivity (Wildman–Crippen MR) is 128 cm³/mol. The summed E-state index contributed by atoms with van der Waals surface area (Å²) in [7, 11) is -3.65. The number of carbonyl (C=O) groups excluding carboxylic acids is 2. The number of hydrogen-bond acceptors (Lipinski definition) is 6. The van der Waals surface area contributed by atoms with Gasteiger partial charge in [0.1, 0.15) is 0 Å². The Morgan fingerprint density at radius 2 is 1.94 bits per heavy atom. The Kier molecular flexibility index (Phi) is 7.04. The molecule has 3 rings (SSSR count). The summed E-state index contributed by atoms with van der Waals surface area (Å²) >= 11 is 0. The number of rotatable bonds is 7. The molecule has 2 amide bonds. The van der Waals surface area contributed by atoms with Gasteiger partial charge in [-0.05, 0) is 48.4 Å². The first-order valence-corrected chi connectivity index (χ1v) is 11.9. The van der Waals surface area contributed by atoms with Crippen LogP contribution < -0.4 is 9.80 Å². The van der Waals surface area contributed by atoms with Crippen LogP contribution in [0.4, 0.5) is 11.4 Å². The molecule has 1 aromatic heterocycles. The van der Waals surface area contributed by atoms with Gasteiger partial charge in [-0.1, -0.05) is 25.3 Å². The smallest absolute Gasteiger partial charge is 0.294 e. The Morgan fingerprint density at radius 3 is 2.55 bits per heavy atom. The fourth-order valence-electron chi connectivity index (χ4n) is 3.68. The lowest BCUT2D eigenvalue weighted by atomic mass is 10.0. The quantitative estimate of drug-likeness (QED) is 0.623. The number of carbonyl (C=O) groups is 2. The second kappa shape index (κ2) is 9.60. The number of anilines is 2. The van der Waals surface area contributed by atoms with Crippen molar-refractivity contribution in [2.45, 2.75) is 19.9 Å². The Hall–Kier alpha value is -3.43. The number of fused-ring (bicyclic) bond motifs is 1. The zero-order valence-electron chi connectivity index (χ0n) is 18.5. The van der Waals surface area contributed by atoms with E-state index in [-0.39, 0.29) is 35.1 Å². The van der Waals surface area contributed by atoms with E-state index in [0.717, 1.165) is 0 Å².